The minimum absolute atomic E-state index is 0.170. The molecule has 3 aromatic rings. The number of hydrogen-bond donors (Lipinski definition) is 1. The van der Waals surface area contributed by atoms with Crippen LogP contribution in [0.2, 0.25) is 0 Å². The van der Waals surface area contributed by atoms with Gasteiger partial charge in [0.15, 0.2) is 0 Å². The highest BCUT2D eigenvalue weighted by atomic mass is 16.5. The largest absolute Gasteiger partial charge is 0.377 e. The number of benzene rings is 1. The Kier molecular flexibility index (Phi) is 3.50. The van der Waals surface area contributed by atoms with E-state index in [4.69, 9.17) is 4.74 Å². The highest BCUT2D eigenvalue weighted by molar-refractivity contribution is 5.84. The number of ether oxygens (including phenoxy) is 1. The molecule has 0 spiro atoms. The van der Waals surface area contributed by atoms with Gasteiger partial charge in [0.2, 0.25) is 0 Å². The van der Waals surface area contributed by atoms with Gasteiger partial charge in [-0.2, -0.15) is 0 Å². The number of hydrogen-bond acceptors (Lipinski definition) is 4. The van der Waals surface area contributed by atoms with Crippen molar-refractivity contribution in [2.75, 3.05) is 7.11 Å². The molecule has 0 saturated carbocycles. The second kappa shape index (κ2) is 5.46. The Bertz CT molecular complexity index is 856. The van der Waals surface area contributed by atoms with Crippen molar-refractivity contribution < 1.29 is 4.74 Å². The molecule has 0 unspecified atom stereocenters. The third kappa shape index (κ3) is 2.68. The maximum Gasteiger partial charge on any atom is 0.258 e. The predicted molar refractivity (Wildman–Crippen MR) is 81.0 cm³/mol. The maximum atomic E-state index is 12.1. The minimum atomic E-state index is -0.170. The second-order valence-electron chi connectivity index (χ2n) is 4.87. The number of fused-ring (bicyclic) bond motifs is 1. The molecule has 0 fully saturated rings. The lowest BCUT2D eigenvalue weighted by Crippen LogP contribution is -2.13. The average Bonchev–Trinajstić information content (AvgIpc) is 2.47. The third-order valence-corrected chi connectivity index (χ3v) is 3.27. The van der Waals surface area contributed by atoms with Crippen LogP contribution in [0.3, 0.4) is 0 Å². The maximum absolute atomic E-state index is 12.1. The summed E-state index contributed by atoms with van der Waals surface area (Å²) in [5.74, 6) is 0.518. The van der Waals surface area contributed by atoms with Gasteiger partial charge < -0.3 is 9.72 Å². The molecule has 0 amide bonds. The van der Waals surface area contributed by atoms with Crippen molar-refractivity contribution in [2.24, 2.45) is 0 Å². The molecule has 2 heterocycles. The summed E-state index contributed by atoms with van der Waals surface area (Å²) >= 11 is 0. The molecule has 0 atom stereocenters. The standard InChI is InChI=1S/C16H15N3O2/c1-10-3-4-12-7-11(5-6-14(12)18-10)13-8-17-15(9-21-2)19-16(13)20/h3-8H,9H2,1-2H3,(H,17,19,20). The number of aromatic amines is 1. The Balaban J connectivity index is 2.08. The molecule has 0 radical (unpaired) electrons. The molecule has 5 nitrogen and oxygen atoms in total. The van der Waals surface area contributed by atoms with E-state index in [0.717, 1.165) is 22.2 Å². The van der Waals surface area contributed by atoms with Crippen LogP contribution in [-0.2, 0) is 11.3 Å². The van der Waals surface area contributed by atoms with E-state index in [1.165, 1.54) is 0 Å². The van der Waals surface area contributed by atoms with E-state index in [0.29, 0.717) is 11.4 Å². The molecular weight excluding hydrogens is 266 g/mol. The Morgan fingerprint density at radius 2 is 2.10 bits per heavy atom. The van der Waals surface area contributed by atoms with Gasteiger partial charge in [-0.05, 0) is 30.7 Å². The van der Waals surface area contributed by atoms with Gasteiger partial charge >= 0.3 is 0 Å². The highest BCUT2D eigenvalue weighted by Gasteiger charge is 2.07. The molecule has 0 saturated heterocycles. The SMILES string of the molecule is COCc1ncc(-c2ccc3nc(C)ccc3c2)c(=O)[nH]1. The lowest BCUT2D eigenvalue weighted by Gasteiger charge is -2.05. The lowest BCUT2D eigenvalue weighted by atomic mass is 10.1. The van der Waals surface area contributed by atoms with E-state index in [9.17, 15) is 4.79 Å². The predicted octanol–water partition coefficient (Wildman–Crippen LogP) is 2.44. The minimum Gasteiger partial charge on any atom is -0.377 e. The molecule has 106 valence electrons. The summed E-state index contributed by atoms with van der Waals surface area (Å²) < 4.78 is 4.96. The zero-order valence-corrected chi connectivity index (χ0v) is 11.9. The fourth-order valence-corrected chi connectivity index (χ4v) is 2.24. The van der Waals surface area contributed by atoms with E-state index in [-0.39, 0.29) is 12.2 Å². The Hall–Kier alpha value is -2.53. The van der Waals surface area contributed by atoms with Crippen molar-refractivity contribution in [3.63, 3.8) is 0 Å². The summed E-state index contributed by atoms with van der Waals surface area (Å²) in [6, 6.07) is 9.71. The first kappa shape index (κ1) is 13.5. The molecule has 3 rings (SSSR count). The number of aromatic nitrogens is 3. The second-order valence-corrected chi connectivity index (χ2v) is 4.87. The van der Waals surface area contributed by atoms with Crippen LogP contribution in [0.1, 0.15) is 11.5 Å². The zero-order chi connectivity index (χ0) is 14.8. The van der Waals surface area contributed by atoms with Gasteiger partial charge in [-0.15, -0.1) is 0 Å². The highest BCUT2D eigenvalue weighted by Crippen LogP contribution is 2.21. The molecule has 5 heteroatoms. The van der Waals surface area contributed by atoms with E-state index < -0.39 is 0 Å². The summed E-state index contributed by atoms with van der Waals surface area (Å²) in [7, 11) is 1.56. The van der Waals surface area contributed by atoms with E-state index in [1.807, 2.05) is 37.3 Å². The Morgan fingerprint density at radius 3 is 2.86 bits per heavy atom. The van der Waals surface area contributed by atoms with Crippen LogP contribution in [0, 0.1) is 6.92 Å². The molecule has 0 aliphatic heterocycles. The first-order valence-corrected chi connectivity index (χ1v) is 6.62. The van der Waals surface area contributed by atoms with Crippen LogP contribution in [0.25, 0.3) is 22.0 Å². The van der Waals surface area contributed by atoms with E-state index in [2.05, 4.69) is 15.0 Å². The summed E-state index contributed by atoms with van der Waals surface area (Å²) in [5, 5.41) is 0.999. The first-order valence-electron chi connectivity index (χ1n) is 6.62. The smallest absolute Gasteiger partial charge is 0.258 e. The van der Waals surface area contributed by atoms with Crippen molar-refractivity contribution >= 4 is 10.9 Å². The fourth-order valence-electron chi connectivity index (χ4n) is 2.24. The normalized spacial score (nSPS) is 11.0. The molecule has 1 aromatic carbocycles. The van der Waals surface area contributed by atoms with Crippen LogP contribution < -0.4 is 5.56 Å². The number of pyridine rings is 1. The topological polar surface area (TPSA) is 67.9 Å². The van der Waals surface area contributed by atoms with E-state index in [1.54, 1.807) is 13.3 Å². The summed E-state index contributed by atoms with van der Waals surface area (Å²) in [4.78, 5) is 23.5. The van der Waals surface area contributed by atoms with Gasteiger partial charge in [-0.3, -0.25) is 9.78 Å². The van der Waals surface area contributed by atoms with Gasteiger partial charge in [-0.1, -0.05) is 12.1 Å². The number of methoxy groups -OCH3 is 1. The van der Waals surface area contributed by atoms with Crippen molar-refractivity contribution in [1.82, 2.24) is 15.0 Å². The number of rotatable bonds is 3. The lowest BCUT2D eigenvalue weighted by molar-refractivity contribution is 0.177. The summed E-state index contributed by atoms with van der Waals surface area (Å²) in [6.07, 6.45) is 1.58. The quantitative estimate of drug-likeness (QED) is 0.800. The van der Waals surface area contributed by atoms with Crippen LogP contribution in [0.5, 0.6) is 0 Å². The van der Waals surface area contributed by atoms with Crippen LogP contribution in [0.4, 0.5) is 0 Å². The third-order valence-electron chi connectivity index (χ3n) is 3.27. The summed E-state index contributed by atoms with van der Waals surface area (Å²) in [5.41, 5.74) is 3.08. The van der Waals surface area contributed by atoms with Crippen molar-refractivity contribution in [3.05, 3.63) is 58.4 Å². The molecule has 0 aliphatic carbocycles. The number of aryl methyl sites for hydroxylation is 1. The molecular formula is C16H15N3O2. The van der Waals surface area contributed by atoms with Crippen LogP contribution in [-0.4, -0.2) is 22.1 Å². The Labute approximate surface area is 121 Å². The van der Waals surface area contributed by atoms with Gasteiger partial charge in [0, 0.05) is 24.4 Å². The number of H-pyrrole nitrogens is 1. The van der Waals surface area contributed by atoms with Gasteiger partial charge in [0.05, 0.1) is 11.1 Å². The van der Waals surface area contributed by atoms with Crippen molar-refractivity contribution in [2.45, 2.75) is 13.5 Å². The van der Waals surface area contributed by atoms with E-state index >= 15 is 0 Å². The van der Waals surface area contributed by atoms with Gasteiger partial charge in [-0.25, -0.2) is 4.98 Å². The fraction of sp³-hybridized carbons (Fsp3) is 0.188. The van der Waals surface area contributed by atoms with Gasteiger partial charge in [0.1, 0.15) is 12.4 Å². The monoisotopic (exact) mass is 281 g/mol. The Morgan fingerprint density at radius 1 is 1.24 bits per heavy atom. The van der Waals surface area contributed by atoms with Crippen molar-refractivity contribution in [1.29, 1.82) is 0 Å². The summed E-state index contributed by atoms with van der Waals surface area (Å²) in [6.45, 7) is 2.24. The van der Waals surface area contributed by atoms with Crippen molar-refractivity contribution in [3.8, 4) is 11.1 Å². The number of nitrogens with zero attached hydrogens (tertiary/aromatic N) is 2. The first-order chi connectivity index (χ1) is 10.2. The molecule has 0 aliphatic rings. The molecule has 0 bridgehead atoms. The van der Waals surface area contributed by atoms with Crippen LogP contribution >= 0.6 is 0 Å². The zero-order valence-electron chi connectivity index (χ0n) is 11.9. The molecule has 2 aromatic heterocycles. The molecule has 21 heavy (non-hydrogen) atoms. The average molecular weight is 281 g/mol. The molecule has 1 N–H and O–H groups in total. The number of nitrogens with one attached hydrogen (secondary N) is 1. The van der Waals surface area contributed by atoms with Gasteiger partial charge in [0.25, 0.3) is 5.56 Å². The van der Waals surface area contributed by atoms with Crippen LogP contribution in [0.15, 0.2) is 41.3 Å².